The van der Waals surface area contributed by atoms with Crippen molar-refractivity contribution in [1.29, 1.82) is 0 Å². The van der Waals surface area contributed by atoms with Gasteiger partial charge in [-0.3, -0.25) is 9.69 Å². The van der Waals surface area contributed by atoms with Crippen LogP contribution in [0.5, 0.6) is 5.75 Å². The highest BCUT2D eigenvalue weighted by Gasteiger charge is 2.48. The summed E-state index contributed by atoms with van der Waals surface area (Å²) in [6.07, 6.45) is 4.64. The van der Waals surface area contributed by atoms with Crippen LogP contribution in [0.3, 0.4) is 0 Å². The van der Waals surface area contributed by atoms with Gasteiger partial charge in [-0.15, -0.1) is 11.8 Å². The molecular weight excluding hydrogens is 412 g/mol. The van der Waals surface area contributed by atoms with Gasteiger partial charge in [0.2, 0.25) is 5.91 Å². The van der Waals surface area contributed by atoms with E-state index in [1.165, 1.54) is 12.8 Å². The molecular formula is C24H36N2O4S. The predicted molar refractivity (Wildman–Crippen MR) is 123 cm³/mol. The van der Waals surface area contributed by atoms with E-state index in [-0.39, 0.29) is 11.3 Å². The summed E-state index contributed by atoms with van der Waals surface area (Å²) in [4.78, 5) is 18.9. The minimum atomic E-state index is 0.103. The van der Waals surface area contributed by atoms with Crippen molar-refractivity contribution >= 4 is 17.7 Å². The van der Waals surface area contributed by atoms with Crippen molar-refractivity contribution in [3.05, 3.63) is 24.3 Å². The van der Waals surface area contributed by atoms with Gasteiger partial charge in [0, 0.05) is 49.6 Å². The lowest BCUT2D eigenvalue weighted by atomic mass is 9.62. The summed E-state index contributed by atoms with van der Waals surface area (Å²) < 4.78 is 16.6. The van der Waals surface area contributed by atoms with Gasteiger partial charge in [0.1, 0.15) is 5.75 Å². The zero-order valence-electron chi connectivity index (χ0n) is 18.9. The molecule has 0 spiro atoms. The van der Waals surface area contributed by atoms with Crippen LogP contribution in [0.2, 0.25) is 0 Å². The molecule has 2 heterocycles. The van der Waals surface area contributed by atoms with E-state index in [0.717, 1.165) is 69.5 Å². The Kier molecular flexibility index (Phi) is 7.80. The molecule has 1 aliphatic carbocycles. The molecule has 3 fully saturated rings. The molecule has 1 aromatic carbocycles. The van der Waals surface area contributed by atoms with E-state index < -0.39 is 0 Å². The summed E-state index contributed by atoms with van der Waals surface area (Å²) in [6.45, 7) is 6.28. The fraction of sp³-hybridized carbons (Fsp3) is 0.708. The molecule has 3 aliphatic rings. The van der Waals surface area contributed by atoms with Gasteiger partial charge in [-0.05, 0) is 49.8 Å². The smallest absolute Gasteiger partial charge is 0.232 e. The van der Waals surface area contributed by atoms with Gasteiger partial charge in [-0.2, -0.15) is 0 Å². The van der Waals surface area contributed by atoms with Crippen molar-refractivity contribution in [2.75, 3.05) is 66.0 Å². The number of methoxy groups -OCH3 is 2. The first-order valence-corrected chi connectivity index (χ1v) is 12.5. The molecule has 6 nitrogen and oxygen atoms in total. The van der Waals surface area contributed by atoms with Crippen molar-refractivity contribution in [2.24, 2.45) is 11.3 Å². The van der Waals surface area contributed by atoms with Gasteiger partial charge in [-0.1, -0.05) is 6.07 Å². The number of fused-ring (bicyclic) bond motifs is 1. The van der Waals surface area contributed by atoms with Gasteiger partial charge in [0.15, 0.2) is 0 Å². The average molecular weight is 449 g/mol. The van der Waals surface area contributed by atoms with Crippen molar-refractivity contribution in [2.45, 2.75) is 36.6 Å². The van der Waals surface area contributed by atoms with Crippen LogP contribution in [0, 0.1) is 11.3 Å². The second kappa shape index (κ2) is 10.6. The molecule has 0 radical (unpaired) electrons. The Morgan fingerprint density at radius 3 is 2.84 bits per heavy atom. The second-order valence-corrected chi connectivity index (χ2v) is 10.2. The molecule has 172 valence electrons. The molecule has 2 aliphatic heterocycles. The molecule has 0 bridgehead atoms. The quantitative estimate of drug-likeness (QED) is 0.598. The molecule has 7 heteroatoms. The molecule has 1 amide bonds. The van der Waals surface area contributed by atoms with E-state index in [9.17, 15) is 4.79 Å². The predicted octanol–water partition coefficient (Wildman–Crippen LogP) is 3.15. The summed E-state index contributed by atoms with van der Waals surface area (Å²) in [7, 11) is 3.47. The minimum Gasteiger partial charge on any atom is -0.497 e. The Hall–Kier alpha value is -1.28. The number of carbonyl (C=O) groups excluding carboxylic acids is 1. The largest absolute Gasteiger partial charge is 0.497 e. The molecule has 0 unspecified atom stereocenters. The molecule has 31 heavy (non-hydrogen) atoms. The highest BCUT2D eigenvalue weighted by Crippen LogP contribution is 2.48. The summed E-state index contributed by atoms with van der Waals surface area (Å²) in [5.41, 5.74) is 0.103. The summed E-state index contributed by atoms with van der Waals surface area (Å²) in [5, 5.41) is 0. The lowest BCUT2D eigenvalue weighted by molar-refractivity contribution is -0.139. The fourth-order valence-electron chi connectivity index (χ4n) is 5.70. The summed E-state index contributed by atoms with van der Waals surface area (Å²) in [5.74, 6) is 2.16. The van der Waals surface area contributed by atoms with Crippen LogP contribution in [0.15, 0.2) is 29.2 Å². The number of morpholine rings is 1. The van der Waals surface area contributed by atoms with E-state index in [0.29, 0.717) is 17.7 Å². The SMILES string of the molecule is COC[C@@]12CC[C@@H](N3CCOCC3)C[C@H]1CCN(C(=O)CSc1cccc(OC)c1)C2. The van der Waals surface area contributed by atoms with Crippen LogP contribution in [0.1, 0.15) is 25.7 Å². The Labute approximate surface area is 190 Å². The van der Waals surface area contributed by atoms with E-state index in [1.807, 2.05) is 24.3 Å². The van der Waals surface area contributed by atoms with Crippen LogP contribution in [-0.2, 0) is 14.3 Å². The van der Waals surface area contributed by atoms with Crippen LogP contribution in [-0.4, -0.2) is 87.7 Å². The van der Waals surface area contributed by atoms with Crippen LogP contribution >= 0.6 is 11.8 Å². The third-order valence-electron chi connectivity index (χ3n) is 7.40. The summed E-state index contributed by atoms with van der Waals surface area (Å²) in [6, 6.07) is 8.58. The lowest BCUT2D eigenvalue weighted by Crippen LogP contribution is -2.58. The molecule has 1 saturated carbocycles. The third kappa shape index (κ3) is 5.38. The van der Waals surface area contributed by atoms with Crippen molar-refractivity contribution in [1.82, 2.24) is 9.80 Å². The number of hydrogen-bond donors (Lipinski definition) is 0. The number of carbonyl (C=O) groups is 1. The van der Waals surface area contributed by atoms with Gasteiger partial charge < -0.3 is 19.1 Å². The molecule has 0 N–H and O–H groups in total. The Balaban J connectivity index is 1.36. The molecule has 4 rings (SSSR count). The van der Waals surface area contributed by atoms with Crippen LogP contribution in [0.4, 0.5) is 0 Å². The maximum absolute atomic E-state index is 13.1. The van der Waals surface area contributed by atoms with Gasteiger partial charge >= 0.3 is 0 Å². The molecule has 1 aromatic rings. The molecule has 2 saturated heterocycles. The average Bonchev–Trinajstić information content (AvgIpc) is 2.82. The van der Waals surface area contributed by atoms with Crippen LogP contribution < -0.4 is 4.74 Å². The normalized spacial score (nSPS) is 29.4. The Bertz CT molecular complexity index is 742. The number of hydrogen-bond acceptors (Lipinski definition) is 6. The highest BCUT2D eigenvalue weighted by molar-refractivity contribution is 8.00. The van der Waals surface area contributed by atoms with Gasteiger partial charge in [0.25, 0.3) is 0 Å². The van der Waals surface area contributed by atoms with Crippen molar-refractivity contribution in [3.63, 3.8) is 0 Å². The summed E-state index contributed by atoms with van der Waals surface area (Å²) >= 11 is 1.59. The Morgan fingerprint density at radius 2 is 2.06 bits per heavy atom. The monoisotopic (exact) mass is 448 g/mol. The highest BCUT2D eigenvalue weighted by atomic mass is 32.2. The third-order valence-corrected chi connectivity index (χ3v) is 8.38. The number of amides is 1. The fourth-order valence-corrected chi connectivity index (χ4v) is 6.54. The first-order valence-electron chi connectivity index (χ1n) is 11.5. The maximum Gasteiger partial charge on any atom is 0.232 e. The number of ether oxygens (including phenoxy) is 3. The second-order valence-electron chi connectivity index (χ2n) is 9.14. The molecule has 0 aromatic heterocycles. The van der Waals surface area contributed by atoms with Crippen LogP contribution in [0.25, 0.3) is 0 Å². The number of rotatable bonds is 7. The first-order chi connectivity index (χ1) is 15.1. The number of piperidine rings is 1. The minimum absolute atomic E-state index is 0.103. The van der Waals surface area contributed by atoms with E-state index >= 15 is 0 Å². The number of likely N-dealkylation sites (tertiary alicyclic amines) is 1. The van der Waals surface area contributed by atoms with E-state index in [2.05, 4.69) is 9.80 Å². The van der Waals surface area contributed by atoms with E-state index in [4.69, 9.17) is 14.2 Å². The number of benzene rings is 1. The number of thioether (sulfide) groups is 1. The lowest BCUT2D eigenvalue weighted by Gasteiger charge is -2.54. The first kappa shape index (κ1) is 22.9. The maximum atomic E-state index is 13.1. The molecule has 3 atom stereocenters. The Morgan fingerprint density at radius 1 is 1.23 bits per heavy atom. The van der Waals surface area contributed by atoms with Crippen molar-refractivity contribution < 1.29 is 19.0 Å². The van der Waals surface area contributed by atoms with Gasteiger partial charge in [-0.25, -0.2) is 0 Å². The topological polar surface area (TPSA) is 51.2 Å². The number of nitrogens with zero attached hydrogens (tertiary/aromatic N) is 2. The zero-order valence-corrected chi connectivity index (χ0v) is 19.7. The van der Waals surface area contributed by atoms with E-state index in [1.54, 1.807) is 26.0 Å². The van der Waals surface area contributed by atoms with Gasteiger partial charge in [0.05, 0.1) is 32.7 Å². The zero-order chi connectivity index (χ0) is 21.7. The standard InChI is InChI=1S/C24H36N2O4S/c1-28-18-24-8-6-20(25-10-12-30-13-11-25)14-19(24)7-9-26(17-24)23(27)16-31-22-5-3-4-21(15-22)29-2/h3-5,15,19-20H,6-14,16-18H2,1-2H3/t19-,20-,24+/m1/s1. The van der Waals surface area contributed by atoms with Crippen molar-refractivity contribution in [3.8, 4) is 5.75 Å².